The number of hydrogen-bond donors (Lipinski definition) is 2. The van der Waals surface area contributed by atoms with Crippen LogP contribution in [0.1, 0.15) is 24.8 Å². The van der Waals surface area contributed by atoms with Crippen LogP contribution in [0.25, 0.3) is 0 Å². The number of carbonyl (C=O) groups is 2. The first-order chi connectivity index (χ1) is 9.60. The minimum Gasteiger partial charge on any atom is -0.481 e. The number of nitrogens with zero attached hydrogens (tertiary/aromatic N) is 2. The summed E-state index contributed by atoms with van der Waals surface area (Å²) < 4.78 is 0. The minimum atomic E-state index is -0.860. The van der Waals surface area contributed by atoms with E-state index in [4.69, 9.17) is 10.4 Å². The molecule has 1 saturated carbocycles. The van der Waals surface area contributed by atoms with Gasteiger partial charge in [-0.15, -0.1) is 11.3 Å². The van der Waals surface area contributed by atoms with Gasteiger partial charge in [-0.25, -0.2) is 0 Å². The lowest BCUT2D eigenvalue weighted by molar-refractivity contribution is -0.137. The molecule has 1 amide bonds. The van der Waals surface area contributed by atoms with E-state index < -0.39 is 5.97 Å². The summed E-state index contributed by atoms with van der Waals surface area (Å²) >= 11 is 1.30. The van der Waals surface area contributed by atoms with Crippen LogP contribution in [0.4, 0.5) is 5.00 Å². The number of carboxylic acid groups (broad SMARTS) is 1. The molecule has 1 aliphatic carbocycles. The van der Waals surface area contributed by atoms with Crippen molar-refractivity contribution < 1.29 is 14.7 Å². The summed E-state index contributed by atoms with van der Waals surface area (Å²) in [5.74, 6) is -1.07. The van der Waals surface area contributed by atoms with Crippen LogP contribution >= 0.6 is 11.3 Å². The maximum Gasteiger partial charge on any atom is 0.304 e. The Bertz CT molecular complexity index is 545. The molecule has 0 radical (unpaired) electrons. The highest BCUT2D eigenvalue weighted by molar-refractivity contribution is 7.14. The number of nitrogens with one attached hydrogen (secondary N) is 1. The second-order valence-corrected chi connectivity index (χ2v) is 5.58. The Kier molecular flexibility index (Phi) is 4.71. The van der Waals surface area contributed by atoms with Gasteiger partial charge in [0.25, 0.3) is 0 Å². The summed E-state index contributed by atoms with van der Waals surface area (Å²) in [6.45, 7) is 0.545. The van der Waals surface area contributed by atoms with Crippen LogP contribution in [0.2, 0.25) is 0 Å². The SMILES string of the molecule is N#Cc1ccsc1NC(=O)CN(CCC(=O)O)C1CC1. The largest absolute Gasteiger partial charge is 0.481 e. The van der Waals surface area contributed by atoms with Crippen molar-refractivity contribution in [1.29, 1.82) is 5.26 Å². The molecule has 106 valence electrons. The molecule has 1 heterocycles. The highest BCUT2D eigenvalue weighted by Gasteiger charge is 2.30. The molecule has 0 aromatic carbocycles. The predicted octanol–water partition coefficient (Wildman–Crippen LogP) is 1.50. The number of aliphatic carboxylic acids is 1. The topological polar surface area (TPSA) is 93.4 Å². The Balaban J connectivity index is 1.88. The Hall–Kier alpha value is -1.91. The molecule has 1 fully saturated rings. The summed E-state index contributed by atoms with van der Waals surface area (Å²) in [5.41, 5.74) is 0.451. The number of anilines is 1. The van der Waals surface area contributed by atoms with Crippen LogP contribution in [0.3, 0.4) is 0 Å². The van der Waals surface area contributed by atoms with Gasteiger partial charge in [0.05, 0.1) is 18.5 Å². The zero-order valence-electron chi connectivity index (χ0n) is 10.8. The Labute approximate surface area is 120 Å². The van der Waals surface area contributed by atoms with Crippen LogP contribution < -0.4 is 5.32 Å². The molecule has 1 aliphatic rings. The second kappa shape index (κ2) is 6.50. The summed E-state index contributed by atoms with van der Waals surface area (Å²) in [4.78, 5) is 24.5. The van der Waals surface area contributed by atoms with Crippen LogP contribution in [0.5, 0.6) is 0 Å². The van der Waals surface area contributed by atoms with E-state index in [0.29, 0.717) is 23.2 Å². The lowest BCUT2D eigenvalue weighted by Crippen LogP contribution is -2.36. The molecule has 0 spiro atoms. The van der Waals surface area contributed by atoms with E-state index in [9.17, 15) is 9.59 Å². The maximum atomic E-state index is 12.0. The Morgan fingerprint density at radius 2 is 2.30 bits per heavy atom. The highest BCUT2D eigenvalue weighted by atomic mass is 32.1. The average Bonchev–Trinajstić information content (AvgIpc) is 3.15. The van der Waals surface area contributed by atoms with Gasteiger partial charge in [0.15, 0.2) is 0 Å². The fourth-order valence-electron chi connectivity index (χ4n) is 1.91. The lowest BCUT2D eigenvalue weighted by atomic mass is 10.3. The number of rotatable bonds is 7. The summed E-state index contributed by atoms with van der Waals surface area (Å²) in [6.07, 6.45) is 2.05. The van der Waals surface area contributed by atoms with E-state index in [2.05, 4.69) is 5.32 Å². The summed E-state index contributed by atoms with van der Waals surface area (Å²) in [5, 5.41) is 22.6. The van der Waals surface area contributed by atoms with Crippen LogP contribution in [-0.4, -0.2) is 41.0 Å². The molecule has 0 saturated heterocycles. The molecule has 2 N–H and O–H groups in total. The van der Waals surface area contributed by atoms with E-state index in [1.807, 2.05) is 11.0 Å². The first-order valence-corrected chi connectivity index (χ1v) is 7.21. The first-order valence-electron chi connectivity index (χ1n) is 6.33. The lowest BCUT2D eigenvalue weighted by Gasteiger charge is -2.20. The van der Waals surface area contributed by atoms with Gasteiger partial charge < -0.3 is 10.4 Å². The fourth-order valence-corrected chi connectivity index (χ4v) is 2.67. The van der Waals surface area contributed by atoms with Crippen molar-refractivity contribution in [3.8, 4) is 6.07 Å². The fraction of sp³-hybridized carbons (Fsp3) is 0.462. The molecular formula is C13H15N3O3S. The second-order valence-electron chi connectivity index (χ2n) is 4.67. The van der Waals surface area contributed by atoms with Gasteiger partial charge in [-0.1, -0.05) is 0 Å². The van der Waals surface area contributed by atoms with Crippen molar-refractivity contribution in [3.63, 3.8) is 0 Å². The average molecular weight is 293 g/mol. The van der Waals surface area contributed by atoms with Gasteiger partial charge in [-0.2, -0.15) is 5.26 Å². The van der Waals surface area contributed by atoms with E-state index >= 15 is 0 Å². The molecule has 2 rings (SSSR count). The number of amides is 1. The Morgan fingerprint density at radius 3 is 2.90 bits per heavy atom. The van der Waals surface area contributed by atoms with Crippen molar-refractivity contribution in [3.05, 3.63) is 17.0 Å². The van der Waals surface area contributed by atoms with E-state index in [0.717, 1.165) is 12.8 Å². The van der Waals surface area contributed by atoms with Crippen LogP contribution in [-0.2, 0) is 9.59 Å². The molecule has 0 unspecified atom stereocenters. The summed E-state index contributed by atoms with van der Waals surface area (Å²) in [7, 11) is 0. The third-order valence-electron chi connectivity index (χ3n) is 3.06. The molecule has 0 bridgehead atoms. The third-order valence-corrected chi connectivity index (χ3v) is 3.89. The van der Waals surface area contributed by atoms with E-state index in [-0.39, 0.29) is 18.9 Å². The number of hydrogen-bond acceptors (Lipinski definition) is 5. The molecule has 0 atom stereocenters. The number of nitriles is 1. The van der Waals surface area contributed by atoms with Gasteiger partial charge >= 0.3 is 5.97 Å². The predicted molar refractivity (Wildman–Crippen MR) is 74.5 cm³/mol. The summed E-state index contributed by atoms with van der Waals surface area (Å²) in [6, 6.07) is 3.99. The van der Waals surface area contributed by atoms with Gasteiger partial charge in [0.1, 0.15) is 11.1 Å². The maximum absolute atomic E-state index is 12.0. The molecular weight excluding hydrogens is 278 g/mol. The number of carboxylic acids is 1. The molecule has 6 nitrogen and oxygen atoms in total. The van der Waals surface area contributed by atoms with Crippen LogP contribution in [0.15, 0.2) is 11.4 Å². The zero-order chi connectivity index (χ0) is 14.5. The number of thiophene rings is 1. The van der Waals surface area contributed by atoms with Crippen molar-refractivity contribution in [2.45, 2.75) is 25.3 Å². The zero-order valence-corrected chi connectivity index (χ0v) is 11.7. The minimum absolute atomic E-state index is 0.0340. The molecule has 1 aromatic rings. The standard InChI is InChI=1S/C13H15N3O3S/c14-7-9-4-6-20-13(9)15-11(17)8-16(10-1-2-10)5-3-12(18)19/h4,6,10H,1-3,5,8H2,(H,15,17)(H,18,19). The molecule has 20 heavy (non-hydrogen) atoms. The molecule has 1 aromatic heterocycles. The monoisotopic (exact) mass is 293 g/mol. The molecule has 7 heteroatoms. The van der Waals surface area contributed by atoms with Crippen LogP contribution in [0, 0.1) is 11.3 Å². The van der Waals surface area contributed by atoms with Gasteiger partial charge in [0.2, 0.25) is 5.91 Å². The Morgan fingerprint density at radius 1 is 1.55 bits per heavy atom. The van der Waals surface area contributed by atoms with Crippen molar-refractivity contribution >= 4 is 28.2 Å². The third kappa shape index (κ3) is 4.05. The van der Waals surface area contributed by atoms with Crippen molar-refractivity contribution in [2.75, 3.05) is 18.4 Å². The quantitative estimate of drug-likeness (QED) is 0.794. The first kappa shape index (κ1) is 14.5. The van der Waals surface area contributed by atoms with Crippen molar-refractivity contribution in [2.24, 2.45) is 0 Å². The van der Waals surface area contributed by atoms with E-state index in [1.54, 1.807) is 11.4 Å². The van der Waals surface area contributed by atoms with Gasteiger partial charge in [-0.05, 0) is 24.3 Å². The molecule has 0 aliphatic heterocycles. The number of carbonyl (C=O) groups excluding carboxylic acids is 1. The van der Waals surface area contributed by atoms with Crippen molar-refractivity contribution in [1.82, 2.24) is 4.90 Å². The van der Waals surface area contributed by atoms with Gasteiger partial charge in [-0.3, -0.25) is 14.5 Å². The highest BCUT2D eigenvalue weighted by Crippen LogP contribution is 2.27. The normalized spacial score (nSPS) is 14.0. The van der Waals surface area contributed by atoms with Gasteiger partial charge in [0, 0.05) is 12.6 Å². The smallest absolute Gasteiger partial charge is 0.304 e. The van der Waals surface area contributed by atoms with E-state index in [1.165, 1.54) is 11.3 Å².